The summed E-state index contributed by atoms with van der Waals surface area (Å²) in [6.07, 6.45) is 0.698. The van der Waals surface area contributed by atoms with E-state index in [0.29, 0.717) is 30.0 Å². The summed E-state index contributed by atoms with van der Waals surface area (Å²) < 4.78 is 0. The van der Waals surface area contributed by atoms with E-state index in [1.165, 1.54) is 0 Å². The maximum absolute atomic E-state index is 12.8. The number of fused-ring (bicyclic) bond motifs is 2. The third-order valence-electron chi connectivity index (χ3n) is 4.89. The van der Waals surface area contributed by atoms with Crippen molar-refractivity contribution in [1.29, 1.82) is 0 Å². The van der Waals surface area contributed by atoms with Gasteiger partial charge in [-0.15, -0.1) is 0 Å². The molecule has 0 unspecified atom stereocenters. The third-order valence-corrected chi connectivity index (χ3v) is 4.89. The van der Waals surface area contributed by atoms with Gasteiger partial charge in [0.25, 0.3) is 5.56 Å². The fraction of sp³-hybridized carbons (Fsp3) is 0.368. The van der Waals surface area contributed by atoms with Crippen LogP contribution in [0, 0.1) is 13.8 Å². The molecule has 3 heterocycles. The molecule has 1 aromatic carbocycles. The predicted octanol–water partition coefficient (Wildman–Crippen LogP) is 2.44. The van der Waals surface area contributed by atoms with E-state index >= 15 is 0 Å². The molecule has 1 aliphatic heterocycles. The number of carbonyl (C=O) groups excluding carboxylic acids is 1. The van der Waals surface area contributed by atoms with Crippen LogP contribution in [-0.4, -0.2) is 30.9 Å². The van der Waals surface area contributed by atoms with Crippen molar-refractivity contribution in [1.82, 2.24) is 30.2 Å². The molecule has 8 nitrogen and oxygen atoms in total. The molecule has 1 aliphatic rings. The summed E-state index contributed by atoms with van der Waals surface area (Å²) in [7, 11) is 0. The Kier molecular flexibility index (Phi) is 4.18. The minimum absolute atomic E-state index is 0.174. The highest BCUT2D eigenvalue weighted by Gasteiger charge is 2.29. The van der Waals surface area contributed by atoms with Crippen molar-refractivity contribution < 1.29 is 4.79 Å². The highest BCUT2D eigenvalue weighted by molar-refractivity contribution is 5.77. The second kappa shape index (κ2) is 6.53. The number of imidazole rings is 1. The molecule has 2 amide bonds. The first kappa shape index (κ1) is 17.3. The summed E-state index contributed by atoms with van der Waals surface area (Å²) in [5.41, 5.74) is 4.03. The molecule has 0 spiro atoms. The summed E-state index contributed by atoms with van der Waals surface area (Å²) in [4.78, 5) is 41.4. The number of H-pyrrole nitrogens is 2. The van der Waals surface area contributed by atoms with Gasteiger partial charge in [0.15, 0.2) is 0 Å². The van der Waals surface area contributed by atoms with Crippen molar-refractivity contribution in [2.24, 2.45) is 0 Å². The summed E-state index contributed by atoms with van der Waals surface area (Å²) in [6, 6.07) is 5.56. The molecule has 2 aromatic heterocycles. The van der Waals surface area contributed by atoms with Crippen molar-refractivity contribution >= 4 is 17.1 Å². The number of amides is 2. The van der Waals surface area contributed by atoms with E-state index in [2.05, 4.69) is 25.3 Å². The number of urea groups is 1. The predicted molar refractivity (Wildman–Crippen MR) is 101 cm³/mol. The molecule has 3 N–H and O–H groups in total. The quantitative estimate of drug-likeness (QED) is 0.662. The second-order valence-corrected chi connectivity index (χ2v) is 6.99. The second-order valence-electron chi connectivity index (χ2n) is 6.99. The van der Waals surface area contributed by atoms with Crippen LogP contribution in [0.5, 0.6) is 0 Å². The van der Waals surface area contributed by atoms with Gasteiger partial charge in [-0.3, -0.25) is 4.79 Å². The van der Waals surface area contributed by atoms with Crippen LogP contribution in [0.3, 0.4) is 0 Å². The van der Waals surface area contributed by atoms with Crippen molar-refractivity contribution in [3.05, 3.63) is 57.0 Å². The minimum atomic E-state index is -0.234. The molecular formula is C19H22N6O2. The van der Waals surface area contributed by atoms with E-state index in [1.54, 1.807) is 11.8 Å². The van der Waals surface area contributed by atoms with Crippen LogP contribution in [0.1, 0.15) is 47.9 Å². The molecular weight excluding hydrogens is 344 g/mol. The summed E-state index contributed by atoms with van der Waals surface area (Å²) in [5, 5.41) is 3.02. The van der Waals surface area contributed by atoms with Crippen LogP contribution >= 0.6 is 0 Å². The first-order valence-electron chi connectivity index (χ1n) is 9.05. The van der Waals surface area contributed by atoms with Crippen LogP contribution in [-0.2, 0) is 13.1 Å². The van der Waals surface area contributed by atoms with Gasteiger partial charge in [-0.1, -0.05) is 13.0 Å². The summed E-state index contributed by atoms with van der Waals surface area (Å²) in [6.45, 7) is 6.36. The van der Waals surface area contributed by atoms with Gasteiger partial charge in [-0.25, -0.2) is 14.8 Å². The molecule has 27 heavy (non-hydrogen) atoms. The van der Waals surface area contributed by atoms with Crippen molar-refractivity contribution in [2.75, 3.05) is 0 Å². The Morgan fingerprint density at radius 3 is 2.85 bits per heavy atom. The number of benzene rings is 1. The lowest BCUT2D eigenvalue weighted by Gasteiger charge is -2.20. The van der Waals surface area contributed by atoms with Crippen LogP contribution < -0.4 is 10.9 Å². The molecule has 0 saturated heterocycles. The lowest BCUT2D eigenvalue weighted by Crippen LogP contribution is -2.39. The lowest BCUT2D eigenvalue weighted by atomic mass is 10.2. The Labute approximate surface area is 156 Å². The Hall–Kier alpha value is -3.16. The number of hydrogen-bond donors (Lipinski definition) is 3. The highest BCUT2D eigenvalue weighted by atomic mass is 16.2. The van der Waals surface area contributed by atoms with Gasteiger partial charge < -0.3 is 20.2 Å². The van der Waals surface area contributed by atoms with Gasteiger partial charge in [0.05, 0.1) is 41.4 Å². The van der Waals surface area contributed by atoms with E-state index < -0.39 is 0 Å². The smallest absolute Gasteiger partial charge is 0.318 e. The molecule has 0 bridgehead atoms. The van der Waals surface area contributed by atoms with E-state index in [4.69, 9.17) is 0 Å². The molecule has 3 aromatic rings. The zero-order valence-electron chi connectivity index (χ0n) is 15.6. The average molecular weight is 366 g/mol. The SMILES string of the molecule is CC[C@@H](NC(=O)N1Cc2nc(C)[nH]c(=O)c2C1)c1nc2ccc(C)cc2[nH]1. The number of carbonyl (C=O) groups is 1. The van der Waals surface area contributed by atoms with Crippen LogP contribution in [0.25, 0.3) is 11.0 Å². The van der Waals surface area contributed by atoms with Gasteiger partial charge in [0.1, 0.15) is 11.6 Å². The third kappa shape index (κ3) is 3.18. The van der Waals surface area contributed by atoms with E-state index in [9.17, 15) is 9.59 Å². The van der Waals surface area contributed by atoms with Crippen molar-refractivity contribution in [2.45, 2.75) is 46.3 Å². The number of hydrogen-bond acceptors (Lipinski definition) is 4. The first-order valence-corrected chi connectivity index (χ1v) is 9.05. The summed E-state index contributed by atoms with van der Waals surface area (Å²) >= 11 is 0. The Morgan fingerprint density at radius 1 is 1.26 bits per heavy atom. The number of nitrogens with zero attached hydrogens (tertiary/aromatic N) is 3. The zero-order valence-corrected chi connectivity index (χ0v) is 15.6. The van der Waals surface area contributed by atoms with Gasteiger partial charge >= 0.3 is 6.03 Å². The molecule has 1 atom stereocenters. The zero-order chi connectivity index (χ0) is 19.1. The van der Waals surface area contributed by atoms with E-state index in [0.717, 1.165) is 22.4 Å². The topological polar surface area (TPSA) is 107 Å². The minimum Gasteiger partial charge on any atom is -0.340 e. The normalized spacial score (nSPS) is 14.4. The number of nitrogens with one attached hydrogen (secondary N) is 3. The average Bonchev–Trinajstić information content (AvgIpc) is 3.23. The van der Waals surface area contributed by atoms with Gasteiger partial charge in [0.2, 0.25) is 0 Å². The monoisotopic (exact) mass is 366 g/mol. The molecule has 140 valence electrons. The molecule has 0 saturated carbocycles. The first-order chi connectivity index (χ1) is 12.9. The fourth-order valence-corrected chi connectivity index (χ4v) is 3.45. The maximum Gasteiger partial charge on any atom is 0.318 e. The molecule has 0 radical (unpaired) electrons. The van der Waals surface area contributed by atoms with Gasteiger partial charge in [-0.05, 0) is 38.0 Å². The Balaban J connectivity index is 1.52. The van der Waals surface area contributed by atoms with Crippen LogP contribution in [0.4, 0.5) is 4.79 Å². The Morgan fingerprint density at radius 2 is 2.07 bits per heavy atom. The van der Waals surface area contributed by atoms with Gasteiger partial charge in [-0.2, -0.15) is 0 Å². The lowest BCUT2D eigenvalue weighted by molar-refractivity contribution is 0.193. The molecule has 4 rings (SSSR count). The van der Waals surface area contributed by atoms with Crippen molar-refractivity contribution in [3.63, 3.8) is 0 Å². The van der Waals surface area contributed by atoms with Gasteiger partial charge in [0, 0.05) is 0 Å². The number of aromatic nitrogens is 4. The molecule has 8 heteroatoms. The largest absolute Gasteiger partial charge is 0.340 e. The Bertz CT molecular complexity index is 1080. The highest BCUT2D eigenvalue weighted by Crippen LogP contribution is 2.22. The summed E-state index contributed by atoms with van der Waals surface area (Å²) in [5.74, 6) is 1.29. The number of aryl methyl sites for hydroxylation is 2. The standard InChI is InChI=1S/C19H22N6O2/c1-4-13(17-22-14-6-5-10(2)7-15(14)23-17)24-19(27)25-8-12-16(9-25)20-11(3)21-18(12)26/h5-7,13H,4,8-9H2,1-3H3,(H,22,23)(H,24,27)(H,20,21,26)/t13-/m1/s1. The fourth-order valence-electron chi connectivity index (χ4n) is 3.45. The maximum atomic E-state index is 12.8. The molecule has 0 fully saturated rings. The van der Waals surface area contributed by atoms with Crippen LogP contribution in [0.15, 0.2) is 23.0 Å². The number of aromatic amines is 2. The van der Waals surface area contributed by atoms with Crippen LogP contribution in [0.2, 0.25) is 0 Å². The molecule has 0 aliphatic carbocycles. The number of rotatable bonds is 3. The van der Waals surface area contributed by atoms with E-state index in [-0.39, 0.29) is 24.2 Å². The van der Waals surface area contributed by atoms with E-state index in [1.807, 2.05) is 32.0 Å². The van der Waals surface area contributed by atoms with Crippen molar-refractivity contribution in [3.8, 4) is 0 Å².